The molecule has 0 aliphatic carbocycles. The van der Waals surface area contributed by atoms with Gasteiger partial charge < -0.3 is 10.1 Å². The Kier molecular flexibility index (Phi) is 5.07. The van der Waals surface area contributed by atoms with Crippen LogP contribution in [0.3, 0.4) is 0 Å². The van der Waals surface area contributed by atoms with Crippen molar-refractivity contribution in [2.45, 2.75) is 40.7 Å². The van der Waals surface area contributed by atoms with Crippen LogP contribution in [-0.2, 0) is 0 Å². The molecule has 0 saturated carbocycles. The lowest BCUT2D eigenvalue weighted by Gasteiger charge is -2.22. The molecule has 1 aromatic heterocycles. The minimum atomic E-state index is 0.196. The Hall–Kier alpha value is -1.32. The quantitative estimate of drug-likeness (QED) is 0.865. The highest BCUT2D eigenvalue weighted by Crippen LogP contribution is 2.37. The predicted molar refractivity (Wildman–Crippen MR) is 91.8 cm³/mol. The number of nitrogens with one attached hydrogen (secondary N) is 1. The smallest absolute Gasteiger partial charge is 0.127 e. The molecule has 2 rings (SSSR count). The van der Waals surface area contributed by atoms with Crippen molar-refractivity contribution < 1.29 is 4.74 Å². The summed E-state index contributed by atoms with van der Waals surface area (Å²) in [6, 6.07) is 6.87. The van der Waals surface area contributed by atoms with Crippen molar-refractivity contribution in [3.63, 3.8) is 0 Å². The molecule has 21 heavy (non-hydrogen) atoms. The number of aryl methyl sites for hydroxylation is 3. The zero-order chi connectivity index (χ0) is 15.6. The third-order valence-corrected chi connectivity index (χ3v) is 5.32. The van der Waals surface area contributed by atoms with Gasteiger partial charge in [0.2, 0.25) is 0 Å². The Morgan fingerprint density at radius 1 is 1.14 bits per heavy atom. The van der Waals surface area contributed by atoms with Gasteiger partial charge in [-0.3, -0.25) is 0 Å². The Morgan fingerprint density at radius 3 is 2.38 bits per heavy atom. The van der Waals surface area contributed by atoms with Crippen molar-refractivity contribution in [3.8, 4) is 5.75 Å². The van der Waals surface area contributed by atoms with Crippen LogP contribution < -0.4 is 10.1 Å². The van der Waals surface area contributed by atoms with Crippen molar-refractivity contribution >= 4 is 11.3 Å². The maximum atomic E-state index is 5.71. The molecule has 1 N–H and O–H groups in total. The number of ether oxygens (including phenoxy) is 1. The van der Waals surface area contributed by atoms with Gasteiger partial charge in [-0.1, -0.05) is 19.1 Å². The largest absolute Gasteiger partial charge is 0.496 e. The number of methoxy groups -OCH3 is 1. The van der Waals surface area contributed by atoms with Gasteiger partial charge in [-0.25, -0.2) is 0 Å². The summed E-state index contributed by atoms with van der Waals surface area (Å²) in [4.78, 5) is 2.74. The maximum Gasteiger partial charge on any atom is 0.127 e. The lowest BCUT2D eigenvalue weighted by atomic mass is 9.97. The van der Waals surface area contributed by atoms with E-state index in [9.17, 15) is 0 Å². The first-order valence-corrected chi connectivity index (χ1v) is 8.25. The van der Waals surface area contributed by atoms with Crippen molar-refractivity contribution in [1.29, 1.82) is 0 Å². The van der Waals surface area contributed by atoms with E-state index < -0.39 is 0 Å². The average Bonchev–Trinajstić information content (AvgIpc) is 2.79. The van der Waals surface area contributed by atoms with Crippen LogP contribution in [0.15, 0.2) is 18.2 Å². The average molecular weight is 303 g/mol. The van der Waals surface area contributed by atoms with Gasteiger partial charge in [0, 0.05) is 15.3 Å². The standard InChI is InChI=1S/C18H25NOS/c1-7-19-17(16-10-12(3)14(5)21-16)15-9-8-11(2)13(4)18(15)20-6/h8-10,17,19H,7H2,1-6H3. The summed E-state index contributed by atoms with van der Waals surface area (Å²) in [5.74, 6) is 1.00. The van der Waals surface area contributed by atoms with Crippen LogP contribution in [0.1, 0.15) is 45.0 Å². The highest BCUT2D eigenvalue weighted by molar-refractivity contribution is 7.12. The Morgan fingerprint density at radius 2 is 1.86 bits per heavy atom. The molecule has 1 unspecified atom stereocenters. The van der Waals surface area contributed by atoms with Gasteiger partial charge in [0.25, 0.3) is 0 Å². The fraction of sp³-hybridized carbons (Fsp3) is 0.444. The van der Waals surface area contributed by atoms with Gasteiger partial charge in [0.1, 0.15) is 5.75 Å². The monoisotopic (exact) mass is 303 g/mol. The number of thiophene rings is 1. The van der Waals surface area contributed by atoms with Crippen molar-refractivity contribution in [3.05, 3.63) is 50.2 Å². The van der Waals surface area contributed by atoms with Gasteiger partial charge in [-0.2, -0.15) is 0 Å². The molecule has 0 fully saturated rings. The predicted octanol–water partition coefficient (Wildman–Crippen LogP) is 4.69. The molecular formula is C18H25NOS. The van der Waals surface area contributed by atoms with Crippen molar-refractivity contribution in [1.82, 2.24) is 5.32 Å². The normalized spacial score (nSPS) is 12.5. The van der Waals surface area contributed by atoms with Crippen LogP contribution in [0.25, 0.3) is 0 Å². The minimum absolute atomic E-state index is 0.196. The summed E-state index contributed by atoms with van der Waals surface area (Å²) in [5.41, 5.74) is 5.08. The van der Waals surface area contributed by atoms with Crippen LogP contribution in [0.5, 0.6) is 5.75 Å². The molecule has 114 valence electrons. The molecule has 0 radical (unpaired) electrons. The van der Waals surface area contributed by atoms with Crippen LogP contribution in [0.2, 0.25) is 0 Å². The molecule has 1 heterocycles. The van der Waals surface area contributed by atoms with Crippen LogP contribution in [0.4, 0.5) is 0 Å². The fourth-order valence-electron chi connectivity index (χ4n) is 2.62. The third-order valence-electron chi connectivity index (χ3n) is 4.10. The van der Waals surface area contributed by atoms with Gasteiger partial charge in [-0.05, 0) is 57.0 Å². The minimum Gasteiger partial charge on any atom is -0.496 e. The third kappa shape index (κ3) is 3.14. The second-order valence-electron chi connectivity index (χ2n) is 5.51. The molecule has 0 spiro atoms. The van der Waals surface area contributed by atoms with Crippen molar-refractivity contribution in [2.24, 2.45) is 0 Å². The highest BCUT2D eigenvalue weighted by Gasteiger charge is 2.21. The van der Waals surface area contributed by atoms with Crippen LogP contribution in [0, 0.1) is 27.7 Å². The highest BCUT2D eigenvalue weighted by atomic mass is 32.1. The summed E-state index contributed by atoms with van der Waals surface area (Å²) in [6.45, 7) is 11.7. The molecule has 3 heteroatoms. The molecule has 1 aromatic carbocycles. The van der Waals surface area contributed by atoms with E-state index in [-0.39, 0.29) is 6.04 Å². The topological polar surface area (TPSA) is 21.3 Å². The number of hydrogen-bond donors (Lipinski definition) is 1. The van der Waals surface area contributed by atoms with E-state index in [1.807, 2.05) is 11.3 Å². The van der Waals surface area contributed by atoms with Crippen molar-refractivity contribution in [2.75, 3.05) is 13.7 Å². The summed E-state index contributed by atoms with van der Waals surface area (Å²) in [5, 5.41) is 3.61. The molecule has 0 amide bonds. The SMILES string of the molecule is CCNC(c1cc(C)c(C)s1)c1ccc(C)c(C)c1OC. The maximum absolute atomic E-state index is 5.71. The summed E-state index contributed by atoms with van der Waals surface area (Å²) < 4.78 is 5.71. The number of rotatable bonds is 5. The fourth-order valence-corrected chi connectivity index (χ4v) is 3.76. The van der Waals surface area contributed by atoms with E-state index in [2.05, 4.69) is 58.1 Å². The number of hydrogen-bond acceptors (Lipinski definition) is 3. The first-order chi connectivity index (χ1) is 9.99. The molecule has 2 aromatic rings. The zero-order valence-corrected chi connectivity index (χ0v) is 14.6. The van der Waals surface area contributed by atoms with Gasteiger partial charge in [-0.15, -0.1) is 11.3 Å². The van der Waals surface area contributed by atoms with E-state index in [1.165, 1.54) is 32.0 Å². The van der Waals surface area contributed by atoms with Gasteiger partial charge in [0.05, 0.1) is 13.2 Å². The van der Waals surface area contributed by atoms with E-state index >= 15 is 0 Å². The summed E-state index contributed by atoms with van der Waals surface area (Å²) in [6.07, 6.45) is 0. The van der Waals surface area contributed by atoms with Gasteiger partial charge >= 0.3 is 0 Å². The second kappa shape index (κ2) is 6.63. The molecule has 0 aliphatic heterocycles. The molecule has 2 nitrogen and oxygen atoms in total. The summed E-state index contributed by atoms with van der Waals surface area (Å²) in [7, 11) is 1.76. The van der Waals surface area contributed by atoms with Gasteiger partial charge in [0.15, 0.2) is 0 Å². The van der Waals surface area contributed by atoms with E-state index in [1.54, 1.807) is 7.11 Å². The molecule has 0 aliphatic rings. The summed E-state index contributed by atoms with van der Waals surface area (Å²) >= 11 is 1.87. The molecule has 0 bridgehead atoms. The first-order valence-electron chi connectivity index (χ1n) is 7.44. The lowest BCUT2D eigenvalue weighted by Crippen LogP contribution is -2.22. The first kappa shape index (κ1) is 16.1. The Balaban J connectivity index is 2.55. The Labute approximate surface area is 132 Å². The van der Waals surface area contributed by atoms with E-state index in [4.69, 9.17) is 4.74 Å². The molecule has 1 atom stereocenters. The second-order valence-corrected chi connectivity index (χ2v) is 6.80. The van der Waals surface area contributed by atoms with E-state index in [0.29, 0.717) is 0 Å². The molecular weight excluding hydrogens is 278 g/mol. The van der Waals surface area contributed by atoms with E-state index in [0.717, 1.165) is 12.3 Å². The van der Waals surface area contributed by atoms with Crippen LogP contribution >= 0.6 is 11.3 Å². The van der Waals surface area contributed by atoms with Crippen LogP contribution in [-0.4, -0.2) is 13.7 Å². The Bertz CT molecular complexity index is 611. The molecule has 0 saturated heterocycles. The lowest BCUT2D eigenvalue weighted by molar-refractivity contribution is 0.401. The zero-order valence-electron chi connectivity index (χ0n) is 13.8. The number of benzene rings is 1.